The van der Waals surface area contributed by atoms with Gasteiger partial charge in [-0.05, 0) is 36.2 Å². The van der Waals surface area contributed by atoms with E-state index in [1.54, 1.807) is 18.2 Å². The Bertz CT molecular complexity index is 907. The lowest BCUT2D eigenvalue weighted by molar-refractivity contribution is 0.0600. The number of carbonyl (C=O) groups is 1. The number of ether oxygens (including phenoxy) is 1. The van der Waals surface area contributed by atoms with Gasteiger partial charge in [0.25, 0.3) is 0 Å². The van der Waals surface area contributed by atoms with Crippen molar-refractivity contribution >= 4 is 17.6 Å². The van der Waals surface area contributed by atoms with Crippen LogP contribution in [0.1, 0.15) is 35.7 Å². The summed E-state index contributed by atoms with van der Waals surface area (Å²) in [7, 11) is 1.35. The number of halogens is 1. The van der Waals surface area contributed by atoms with Crippen molar-refractivity contribution in [3.8, 4) is 0 Å². The first-order valence-corrected chi connectivity index (χ1v) is 9.20. The highest BCUT2D eigenvalue weighted by molar-refractivity contribution is 5.89. The fourth-order valence-electron chi connectivity index (χ4n) is 2.79. The van der Waals surface area contributed by atoms with Gasteiger partial charge >= 0.3 is 5.97 Å². The number of rotatable bonds is 8. The molecular weight excluding hydrogens is 359 g/mol. The second kappa shape index (κ2) is 9.12. The molecule has 0 aliphatic rings. The molecule has 0 aliphatic carbocycles. The molecule has 0 fully saturated rings. The molecule has 0 radical (unpaired) electrons. The van der Waals surface area contributed by atoms with Crippen LogP contribution >= 0.6 is 0 Å². The van der Waals surface area contributed by atoms with E-state index in [-0.39, 0.29) is 11.8 Å². The summed E-state index contributed by atoms with van der Waals surface area (Å²) in [6.45, 7) is 3.46. The van der Waals surface area contributed by atoms with Gasteiger partial charge in [-0.2, -0.15) is 5.10 Å². The third-order valence-corrected chi connectivity index (χ3v) is 4.35. The van der Waals surface area contributed by atoms with E-state index < -0.39 is 0 Å². The number of benzene rings is 1. The molecule has 0 atom stereocenters. The van der Waals surface area contributed by atoms with E-state index in [0.29, 0.717) is 17.9 Å². The molecule has 6 nitrogen and oxygen atoms in total. The van der Waals surface area contributed by atoms with E-state index >= 15 is 0 Å². The number of nitrogens with zero attached hydrogens (tertiary/aromatic N) is 4. The van der Waals surface area contributed by atoms with Gasteiger partial charge in [0.05, 0.1) is 25.4 Å². The zero-order valence-corrected chi connectivity index (χ0v) is 16.0. The lowest BCUT2D eigenvalue weighted by atomic mass is 10.1. The zero-order chi connectivity index (χ0) is 19.9. The van der Waals surface area contributed by atoms with Crippen molar-refractivity contribution in [2.24, 2.45) is 0 Å². The van der Waals surface area contributed by atoms with Crippen molar-refractivity contribution < 1.29 is 13.9 Å². The first-order valence-electron chi connectivity index (χ1n) is 9.20. The SMILES string of the molecule is CCCCn1ccc(N(Cc2ccc(C(=O)OC)cc2)c2ccc(F)cn2)n1. The molecular formula is C21H23FN4O2. The van der Waals surface area contributed by atoms with Crippen LogP contribution in [0.15, 0.2) is 54.9 Å². The maximum atomic E-state index is 13.3. The predicted octanol–water partition coefficient (Wildman–Crippen LogP) is 4.34. The summed E-state index contributed by atoms with van der Waals surface area (Å²) in [5.74, 6) is 0.560. The Balaban J connectivity index is 1.87. The molecule has 28 heavy (non-hydrogen) atoms. The molecule has 0 N–H and O–H groups in total. The topological polar surface area (TPSA) is 60.2 Å². The number of carbonyl (C=O) groups excluding carboxylic acids is 1. The van der Waals surface area contributed by atoms with Crippen LogP contribution in [-0.2, 0) is 17.8 Å². The Morgan fingerprint density at radius 1 is 1.14 bits per heavy atom. The summed E-state index contributed by atoms with van der Waals surface area (Å²) in [4.78, 5) is 17.7. The molecule has 2 aromatic heterocycles. The Labute approximate surface area is 163 Å². The van der Waals surface area contributed by atoms with E-state index in [4.69, 9.17) is 4.74 Å². The van der Waals surface area contributed by atoms with Gasteiger partial charge in [-0.15, -0.1) is 0 Å². The maximum absolute atomic E-state index is 13.3. The van der Waals surface area contributed by atoms with Gasteiger partial charge in [0.15, 0.2) is 5.82 Å². The van der Waals surface area contributed by atoms with Gasteiger partial charge in [0.2, 0.25) is 0 Å². The number of hydrogen-bond donors (Lipinski definition) is 0. The first-order chi connectivity index (χ1) is 13.6. The standard InChI is InChI=1S/C21H23FN4O2/c1-3-4-12-25-13-11-20(24-25)26(19-10-9-18(22)14-23-19)15-16-5-7-17(8-6-16)21(27)28-2/h5-11,13-14H,3-4,12,15H2,1-2H3. The molecule has 3 aromatic rings. The minimum Gasteiger partial charge on any atom is -0.465 e. The molecule has 0 saturated carbocycles. The number of esters is 1. The van der Waals surface area contributed by atoms with Gasteiger partial charge in [0.1, 0.15) is 11.6 Å². The maximum Gasteiger partial charge on any atom is 0.337 e. The van der Waals surface area contributed by atoms with Crippen molar-refractivity contribution in [3.05, 3.63) is 71.8 Å². The van der Waals surface area contributed by atoms with E-state index in [9.17, 15) is 9.18 Å². The van der Waals surface area contributed by atoms with Crippen LogP contribution in [0.4, 0.5) is 16.0 Å². The number of pyridine rings is 1. The minimum atomic E-state index is -0.389. The Hall–Kier alpha value is -3.22. The Morgan fingerprint density at radius 3 is 2.57 bits per heavy atom. The quantitative estimate of drug-likeness (QED) is 0.542. The van der Waals surface area contributed by atoms with Gasteiger partial charge in [0, 0.05) is 18.8 Å². The highest BCUT2D eigenvalue weighted by Gasteiger charge is 2.15. The van der Waals surface area contributed by atoms with Gasteiger partial charge in [-0.3, -0.25) is 4.68 Å². The van der Waals surface area contributed by atoms with Crippen LogP contribution in [-0.4, -0.2) is 27.8 Å². The number of hydrogen-bond acceptors (Lipinski definition) is 5. The highest BCUT2D eigenvalue weighted by Crippen LogP contribution is 2.25. The third kappa shape index (κ3) is 4.73. The van der Waals surface area contributed by atoms with E-state index in [1.807, 2.05) is 34.0 Å². The highest BCUT2D eigenvalue weighted by atomic mass is 19.1. The summed E-state index contributed by atoms with van der Waals surface area (Å²) in [5.41, 5.74) is 1.45. The van der Waals surface area contributed by atoms with Crippen LogP contribution in [0.3, 0.4) is 0 Å². The molecule has 0 spiro atoms. The number of aryl methyl sites for hydroxylation is 1. The normalized spacial score (nSPS) is 10.7. The zero-order valence-electron chi connectivity index (χ0n) is 16.0. The van der Waals surface area contributed by atoms with Gasteiger partial charge in [-0.1, -0.05) is 25.5 Å². The fourth-order valence-corrected chi connectivity index (χ4v) is 2.79. The monoisotopic (exact) mass is 382 g/mol. The van der Waals surface area contributed by atoms with Gasteiger partial charge < -0.3 is 9.64 Å². The van der Waals surface area contributed by atoms with Crippen LogP contribution in [0.5, 0.6) is 0 Å². The molecule has 0 unspecified atom stereocenters. The smallest absolute Gasteiger partial charge is 0.337 e. The summed E-state index contributed by atoms with van der Waals surface area (Å²) in [6, 6.07) is 12.1. The molecule has 0 amide bonds. The predicted molar refractivity (Wildman–Crippen MR) is 105 cm³/mol. The molecule has 0 bridgehead atoms. The summed E-state index contributed by atoms with van der Waals surface area (Å²) >= 11 is 0. The average molecular weight is 382 g/mol. The number of unbranched alkanes of at least 4 members (excludes halogenated alkanes) is 1. The van der Waals surface area contributed by atoms with Gasteiger partial charge in [-0.25, -0.2) is 14.2 Å². The molecule has 0 saturated heterocycles. The number of anilines is 2. The number of aromatic nitrogens is 3. The minimum absolute atomic E-state index is 0.377. The summed E-state index contributed by atoms with van der Waals surface area (Å²) < 4.78 is 20.0. The van der Waals surface area contributed by atoms with E-state index in [0.717, 1.165) is 30.8 Å². The molecule has 1 aromatic carbocycles. The van der Waals surface area contributed by atoms with E-state index in [1.165, 1.54) is 19.4 Å². The van der Waals surface area contributed by atoms with Crippen molar-refractivity contribution in [1.29, 1.82) is 0 Å². The first kappa shape index (κ1) is 19.5. The van der Waals surface area contributed by atoms with Crippen molar-refractivity contribution in [3.63, 3.8) is 0 Å². The second-order valence-corrected chi connectivity index (χ2v) is 6.40. The third-order valence-electron chi connectivity index (χ3n) is 4.35. The molecule has 2 heterocycles. The molecule has 3 rings (SSSR count). The van der Waals surface area contributed by atoms with Crippen LogP contribution in [0.2, 0.25) is 0 Å². The van der Waals surface area contributed by atoms with Crippen LogP contribution < -0.4 is 4.90 Å². The molecule has 146 valence electrons. The van der Waals surface area contributed by atoms with Crippen LogP contribution in [0, 0.1) is 5.82 Å². The fraction of sp³-hybridized carbons (Fsp3) is 0.286. The average Bonchev–Trinajstić information content (AvgIpc) is 3.20. The second-order valence-electron chi connectivity index (χ2n) is 6.40. The molecule has 0 aliphatic heterocycles. The lowest BCUT2D eigenvalue weighted by Gasteiger charge is -2.21. The summed E-state index contributed by atoms with van der Waals surface area (Å²) in [5, 5.41) is 4.64. The van der Waals surface area contributed by atoms with Crippen molar-refractivity contribution in [2.45, 2.75) is 32.9 Å². The van der Waals surface area contributed by atoms with Crippen molar-refractivity contribution in [2.75, 3.05) is 12.0 Å². The Morgan fingerprint density at radius 2 is 1.93 bits per heavy atom. The van der Waals surface area contributed by atoms with E-state index in [2.05, 4.69) is 17.0 Å². The Kier molecular flexibility index (Phi) is 6.37. The van der Waals surface area contributed by atoms with Crippen molar-refractivity contribution in [1.82, 2.24) is 14.8 Å². The largest absolute Gasteiger partial charge is 0.465 e. The van der Waals surface area contributed by atoms with Crippen LogP contribution in [0.25, 0.3) is 0 Å². The summed E-state index contributed by atoms with van der Waals surface area (Å²) in [6.07, 6.45) is 5.26. The molecule has 7 heteroatoms. The number of methoxy groups -OCH3 is 1. The lowest BCUT2D eigenvalue weighted by Crippen LogP contribution is -2.19.